The maximum absolute atomic E-state index is 12.4. The molecule has 0 aromatic heterocycles. The van der Waals surface area contributed by atoms with Crippen LogP contribution in [0.2, 0.25) is 0 Å². The zero-order valence-electron chi connectivity index (χ0n) is 17.0. The first-order valence-electron chi connectivity index (χ1n) is 10.4. The summed E-state index contributed by atoms with van der Waals surface area (Å²) < 4.78 is 5.81. The fraction of sp³-hybridized carbons (Fsp3) is 0.895. The van der Waals surface area contributed by atoms with Gasteiger partial charge in [-0.1, -0.05) is 26.2 Å². The van der Waals surface area contributed by atoms with Crippen LogP contribution in [0.3, 0.4) is 0 Å². The minimum absolute atomic E-state index is 0.0670. The molecule has 0 bridgehead atoms. The van der Waals surface area contributed by atoms with Crippen LogP contribution in [-0.4, -0.2) is 91.7 Å². The van der Waals surface area contributed by atoms with E-state index in [0.29, 0.717) is 25.7 Å². The fourth-order valence-electron chi connectivity index (χ4n) is 4.06. The molecule has 0 aromatic rings. The number of nitrogens with one attached hydrogen (secondary N) is 2. The highest BCUT2D eigenvalue weighted by Crippen LogP contribution is 2.39. The Labute approximate surface area is 171 Å². The lowest BCUT2D eigenvalue weighted by Crippen LogP contribution is -2.64. The van der Waals surface area contributed by atoms with Crippen molar-refractivity contribution in [1.82, 2.24) is 10.2 Å². The molecule has 2 fully saturated rings. The lowest BCUT2D eigenvalue weighted by atomic mass is 9.93. The van der Waals surface area contributed by atoms with E-state index in [2.05, 4.69) is 5.32 Å². The highest BCUT2D eigenvalue weighted by Gasteiger charge is 2.58. The monoisotopic (exact) mass is 417 g/mol. The molecule has 2 rings (SSSR count). The number of hydrogen-bond acceptors (Lipinski definition) is 8. The third-order valence-electron chi connectivity index (χ3n) is 5.83. The van der Waals surface area contributed by atoms with Gasteiger partial charge in [-0.05, 0) is 25.7 Å². The molecule has 2 aliphatic rings. The molecule has 10 nitrogen and oxygen atoms in total. The molecule has 29 heavy (non-hydrogen) atoms. The smallest absolute Gasteiger partial charge is 0.325 e. The molecular weight excluding hydrogens is 382 g/mol. The number of amidine groups is 1. The molecular formula is C19H35N3O7. The van der Waals surface area contributed by atoms with Gasteiger partial charge in [-0.2, -0.15) is 0 Å². The zero-order chi connectivity index (χ0) is 21.6. The average molecular weight is 418 g/mol. The highest BCUT2D eigenvalue weighted by atomic mass is 16.6. The van der Waals surface area contributed by atoms with Crippen LogP contribution in [0.25, 0.3) is 0 Å². The predicted molar refractivity (Wildman–Crippen MR) is 104 cm³/mol. The Morgan fingerprint density at radius 3 is 2.45 bits per heavy atom. The maximum Gasteiger partial charge on any atom is 0.325 e. The van der Waals surface area contributed by atoms with E-state index in [-0.39, 0.29) is 25.2 Å². The fourth-order valence-corrected chi connectivity index (χ4v) is 4.06. The molecule has 6 atom stereocenters. The molecule has 10 heteroatoms. The maximum atomic E-state index is 12.4. The number of unbranched alkanes of at least 4 members (excludes halogenated alkanes) is 2. The molecule has 2 unspecified atom stereocenters. The number of aliphatic hydroxyl groups is 5. The van der Waals surface area contributed by atoms with E-state index in [1.54, 1.807) is 0 Å². The van der Waals surface area contributed by atoms with Gasteiger partial charge in [-0.25, -0.2) is 4.79 Å². The second-order valence-electron chi connectivity index (χ2n) is 7.95. The topological polar surface area (TPSA) is 167 Å². The number of amides is 2. The van der Waals surface area contributed by atoms with Crippen LogP contribution in [0.15, 0.2) is 0 Å². The lowest BCUT2D eigenvalue weighted by molar-refractivity contribution is -0.174. The van der Waals surface area contributed by atoms with Crippen molar-refractivity contribution in [3.8, 4) is 0 Å². The predicted octanol–water partition coefficient (Wildman–Crippen LogP) is -0.339. The van der Waals surface area contributed by atoms with Crippen molar-refractivity contribution >= 4 is 11.9 Å². The molecule has 168 valence electrons. The van der Waals surface area contributed by atoms with Crippen molar-refractivity contribution in [2.45, 2.75) is 94.5 Å². The highest BCUT2D eigenvalue weighted by molar-refractivity contribution is 5.98. The van der Waals surface area contributed by atoms with Crippen molar-refractivity contribution in [1.29, 1.82) is 5.41 Å². The number of carbonyl (C=O) groups is 1. The molecule has 2 amide bonds. The van der Waals surface area contributed by atoms with Gasteiger partial charge in [0, 0.05) is 13.0 Å². The van der Waals surface area contributed by atoms with Gasteiger partial charge in [-0.3, -0.25) is 15.6 Å². The summed E-state index contributed by atoms with van der Waals surface area (Å²) in [6.45, 7) is 1.65. The van der Waals surface area contributed by atoms with Gasteiger partial charge in [-0.15, -0.1) is 0 Å². The van der Waals surface area contributed by atoms with Crippen LogP contribution >= 0.6 is 0 Å². The van der Waals surface area contributed by atoms with E-state index in [1.165, 1.54) is 4.90 Å². The molecule has 2 heterocycles. The Morgan fingerprint density at radius 1 is 1.24 bits per heavy atom. The number of urea groups is 1. The number of carbonyl (C=O) groups excluding carboxylic acids is 1. The third kappa shape index (κ3) is 5.44. The van der Waals surface area contributed by atoms with E-state index >= 15 is 0 Å². The third-order valence-corrected chi connectivity index (χ3v) is 5.83. The number of rotatable bonds is 11. The van der Waals surface area contributed by atoms with Crippen LogP contribution in [0.4, 0.5) is 4.79 Å². The van der Waals surface area contributed by atoms with Crippen LogP contribution in [0, 0.1) is 5.41 Å². The number of aliphatic hydroxyl groups excluding tert-OH is 5. The Balaban J connectivity index is 2.02. The van der Waals surface area contributed by atoms with Crippen molar-refractivity contribution in [3.63, 3.8) is 0 Å². The van der Waals surface area contributed by atoms with Crippen molar-refractivity contribution in [3.05, 3.63) is 0 Å². The van der Waals surface area contributed by atoms with Crippen LogP contribution in [0.5, 0.6) is 0 Å². The summed E-state index contributed by atoms with van der Waals surface area (Å²) >= 11 is 0. The van der Waals surface area contributed by atoms with Gasteiger partial charge in [0.2, 0.25) is 0 Å². The summed E-state index contributed by atoms with van der Waals surface area (Å²) in [5, 5.41) is 60.5. The van der Waals surface area contributed by atoms with E-state index in [1.807, 2.05) is 6.92 Å². The van der Waals surface area contributed by atoms with Crippen molar-refractivity contribution in [2.75, 3.05) is 13.2 Å². The first kappa shape index (κ1) is 24.0. The second kappa shape index (κ2) is 10.6. The van der Waals surface area contributed by atoms with Gasteiger partial charge in [0.15, 0.2) is 5.72 Å². The van der Waals surface area contributed by atoms with Crippen molar-refractivity contribution in [2.24, 2.45) is 0 Å². The minimum atomic E-state index is -1.52. The molecule has 2 saturated heterocycles. The summed E-state index contributed by atoms with van der Waals surface area (Å²) in [5.74, 6) is 0.0670. The van der Waals surface area contributed by atoms with E-state index in [4.69, 9.17) is 10.1 Å². The van der Waals surface area contributed by atoms with Gasteiger partial charge >= 0.3 is 6.03 Å². The number of nitrogens with zero attached hydrogens (tertiary/aromatic N) is 1. The molecule has 0 radical (unpaired) electrons. The van der Waals surface area contributed by atoms with E-state index in [9.17, 15) is 30.3 Å². The lowest BCUT2D eigenvalue weighted by Gasteiger charge is -2.44. The van der Waals surface area contributed by atoms with Gasteiger partial charge in [0.1, 0.15) is 24.1 Å². The molecule has 0 aromatic carbocycles. The number of hydrogen-bond donors (Lipinski definition) is 7. The zero-order valence-corrected chi connectivity index (χ0v) is 17.0. The Kier molecular flexibility index (Phi) is 8.80. The van der Waals surface area contributed by atoms with Crippen molar-refractivity contribution < 1.29 is 35.1 Å². The summed E-state index contributed by atoms with van der Waals surface area (Å²) in [5.41, 5.74) is -1.52. The average Bonchev–Trinajstić information content (AvgIpc) is 2.94. The Morgan fingerprint density at radius 2 is 1.90 bits per heavy atom. The summed E-state index contributed by atoms with van der Waals surface area (Å²) in [4.78, 5) is 13.7. The van der Waals surface area contributed by atoms with Gasteiger partial charge in [0.25, 0.3) is 0 Å². The first-order chi connectivity index (χ1) is 13.8. The molecule has 0 spiro atoms. The Bertz CT molecular complexity index is 564. The SMILES string of the molecule is CCCCC(O)C(O)CCCC[C@@]1(N2CCC(=N)NC2=O)O[C@H](CO)[C@@H](O)[C@H]1O. The van der Waals surface area contributed by atoms with Crippen LogP contribution in [-0.2, 0) is 4.74 Å². The second-order valence-corrected chi connectivity index (χ2v) is 7.95. The van der Waals surface area contributed by atoms with E-state index < -0.39 is 48.9 Å². The number of ether oxygens (including phenoxy) is 1. The minimum Gasteiger partial charge on any atom is -0.394 e. The molecule has 0 saturated carbocycles. The largest absolute Gasteiger partial charge is 0.394 e. The normalized spacial score (nSPS) is 32.3. The van der Waals surface area contributed by atoms with E-state index in [0.717, 1.165) is 12.8 Å². The Hall–Kier alpha value is -1.30. The molecule has 7 N–H and O–H groups in total. The van der Waals surface area contributed by atoms with Crippen LogP contribution in [0.1, 0.15) is 58.3 Å². The summed E-state index contributed by atoms with van der Waals surface area (Å²) in [6.07, 6.45) is -1.34. The summed E-state index contributed by atoms with van der Waals surface area (Å²) in [6, 6.07) is -0.596. The molecule has 2 aliphatic heterocycles. The first-order valence-corrected chi connectivity index (χ1v) is 10.4. The van der Waals surface area contributed by atoms with Gasteiger partial charge < -0.3 is 30.3 Å². The standard InChI is InChI=1S/C19H35N3O7/c1-2-3-6-12(24)13(25)7-4-5-9-19(17(27)16(26)14(11-23)29-19)22-10-8-15(20)21-18(22)28/h12-14,16-17,23-27H,2-11H2,1H3,(H2,20,21,28)/t12?,13?,14-,16-,17-,19-/m1/s1. The van der Waals surface area contributed by atoms with Gasteiger partial charge in [0.05, 0.1) is 18.8 Å². The quantitative estimate of drug-likeness (QED) is 0.226. The van der Waals surface area contributed by atoms with Crippen LogP contribution < -0.4 is 5.32 Å². The molecule has 0 aliphatic carbocycles. The summed E-state index contributed by atoms with van der Waals surface area (Å²) in [7, 11) is 0.